The molecule has 1 saturated heterocycles. The number of aliphatic hydroxyl groups excluding tert-OH is 3. The minimum atomic E-state index is -4.44. The highest BCUT2D eigenvalue weighted by atomic mass is 35.5. The minimum Gasteiger partial charge on any atom is -0.484 e. The molecule has 0 aliphatic carbocycles. The van der Waals surface area contributed by atoms with Crippen molar-refractivity contribution in [2.75, 3.05) is 20.3 Å². The van der Waals surface area contributed by atoms with Crippen molar-refractivity contribution in [1.82, 2.24) is 0 Å². The van der Waals surface area contributed by atoms with Crippen LogP contribution >= 0.6 is 11.6 Å². The molecule has 7 nitrogen and oxygen atoms in total. The molecule has 0 amide bonds. The molecule has 1 aliphatic rings. The van der Waals surface area contributed by atoms with Crippen LogP contribution in [-0.4, -0.2) is 74.6 Å². The maximum absolute atomic E-state index is 12.4. The average Bonchev–Trinajstić information content (AvgIpc) is 2.87. The monoisotopic (exact) mass is 606 g/mol. The number of alkyl halides is 3. The summed E-state index contributed by atoms with van der Waals surface area (Å²) in [6.07, 6.45) is -9.80. The third kappa shape index (κ3) is 7.38. The van der Waals surface area contributed by atoms with Crippen LogP contribution in [0.4, 0.5) is 13.2 Å². The summed E-state index contributed by atoms with van der Waals surface area (Å²) in [6.45, 7) is 8.93. The summed E-state index contributed by atoms with van der Waals surface area (Å²) >= 11 is 6.47. The van der Waals surface area contributed by atoms with Crippen LogP contribution in [0.2, 0.25) is 23.2 Å². The third-order valence-electron chi connectivity index (χ3n) is 7.66. The van der Waals surface area contributed by atoms with E-state index in [1.807, 2.05) is 0 Å². The largest absolute Gasteiger partial charge is 0.484 e. The van der Waals surface area contributed by atoms with Gasteiger partial charge in [0, 0.05) is 17.7 Å². The molecule has 3 N–H and O–H groups in total. The van der Waals surface area contributed by atoms with Crippen molar-refractivity contribution in [1.29, 1.82) is 0 Å². The van der Waals surface area contributed by atoms with Crippen LogP contribution in [0.5, 0.6) is 5.75 Å². The van der Waals surface area contributed by atoms with Gasteiger partial charge in [0.25, 0.3) is 0 Å². The number of benzene rings is 2. The zero-order valence-electron chi connectivity index (χ0n) is 23.5. The van der Waals surface area contributed by atoms with E-state index in [1.54, 1.807) is 30.3 Å². The molecule has 0 radical (unpaired) electrons. The molecule has 0 unspecified atom stereocenters. The SMILES string of the molecule is CO[C@@]1(c2ccc(Cl)c(Cc3ccc(OCC(F)(F)F)cc3)c2)O[C@H](CO[Si](C)(C)C(C)(C)C)[C@@H](O)[C@H](O)[C@H]1O. The second-order valence-corrected chi connectivity index (χ2v) is 16.8. The number of ether oxygens (including phenoxy) is 3. The quantitative estimate of drug-likeness (QED) is 0.339. The smallest absolute Gasteiger partial charge is 0.422 e. The molecule has 1 heterocycles. The number of rotatable bonds is 9. The molecule has 2 aromatic rings. The maximum Gasteiger partial charge on any atom is 0.422 e. The maximum atomic E-state index is 12.4. The van der Waals surface area contributed by atoms with Gasteiger partial charge in [0.15, 0.2) is 14.9 Å². The predicted molar refractivity (Wildman–Crippen MR) is 147 cm³/mol. The fourth-order valence-corrected chi connectivity index (χ4v) is 5.37. The summed E-state index contributed by atoms with van der Waals surface area (Å²) in [6, 6.07) is 11.0. The van der Waals surface area contributed by atoms with Gasteiger partial charge in [-0.15, -0.1) is 0 Å². The van der Waals surface area contributed by atoms with E-state index < -0.39 is 51.3 Å². The summed E-state index contributed by atoms with van der Waals surface area (Å²) in [4.78, 5) is 0. The lowest BCUT2D eigenvalue weighted by molar-refractivity contribution is -0.365. The van der Waals surface area contributed by atoms with Gasteiger partial charge in [-0.3, -0.25) is 0 Å². The van der Waals surface area contributed by atoms with Crippen LogP contribution in [0.25, 0.3) is 0 Å². The second-order valence-electron chi connectivity index (χ2n) is 11.6. The number of hydrogen-bond donors (Lipinski definition) is 3. The lowest BCUT2D eigenvalue weighted by atomic mass is 9.87. The fraction of sp³-hybridized carbons (Fsp3) is 0.571. The van der Waals surface area contributed by atoms with E-state index in [4.69, 9.17) is 30.2 Å². The molecule has 0 bridgehead atoms. The summed E-state index contributed by atoms with van der Waals surface area (Å²) in [5.41, 5.74) is 1.71. The molecule has 0 spiro atoms. The van der Waals surface area contributed by atoms with Gasteiger partial charge in [0.05, 0.1) is 6.61 Å². The van der Waals surface area contributed by atoms with Crippen LogP contribution in [0, 0.1) is 0 Å². The first-order valence-electron chi connectivity index (χ1n) is 12.9. The van der Waals surface area contributed by atoms with Gasteiger partial charge in [0.2, 0.25) is 5.79 Å². The standard InChI is InChI=1S/C28H38ClF3O7Si/c1-26(2,3)40(5,6)38-15-22-23(33)24(34)25(35)28(36-4,39-22)19-9-12-21(29)18(14-19)13-17-7-10-20(11-8-17)37-16-27(30,31)32/h7-12,14,22-25,33-35H,13,15-16H2,1-6H3/t22-,23-,24+,25-,28+/m1/s1. The normalized spacial score (nSPS) is 26.1. The summed E-state index contributed by atoms with van der Waals surface area (Å²) in [5.74, 6) is -1.76. The molecular weight excluding hydrogens is 569 g/mol. The van der Waals surface area contributed by atoms with Gasteiger partial charge in [-0.1, -0.05) is 50.6 Å². The van der Waals surface area contributed by atoms with E-state index >= 15 is 0 Å². The van der Waals surface area contributed by atoms with E-state index in [9.17, 15) is 28.5 Å². The Morgan fingerprint density at radius 3 is 2.17 bits per heavy atom. The lowest BCUT2D eigenvalue weighted by Crippen LogP contribution is -2.64. The Balaban J connectivity index is 1.86. The first kappa shape index (κ1) is 32.8. The van der Waals surface area contributed by atoms with Gasteiger partial charge >= 0.3 is 6.18 Å². The number of halogens is 4. The molecule has 5 atom stereocenters. The van der Waals surface area contributed by atoms with Gasteiger partial charge in [0.1, 0.15) is 30.2 Å². The highest BCUT2D eigenvalue weighted by molar-refractivity contribution is 6.74. The van der Waals surface area contributed by atoms with Crippen LogP contribution in [0.1, 0.15) is 37.5 Å². The van der Waals surface area contributed by atoms with Crippen molar-refractivity contribution in [3.8, 4) is 5.75 Å². The van der Waals surface area contributed by atoms with Crippen molar-refractivity contribution in [2.24, 2.45) is 0 Å². The molecule has 3 rings (SSSR count). The lowest BCUT2D eigenvalue weighted by Gasteiger charge is -2.49. The number of hydrogen-bond acceptors (Lipinski definition) is 7. The molecular formula is C28H38ClF3O7Si. The molecule has 1 aliphatic heterocycles. The van der Waals surface area contributed by atoms with Crippen LogP contribution < -0.4 is 4.74 Å². The first-order chi connectivity index (χ1) is 18.4. The molecule has 40 heavy (non-hydrogen) atoms. The Kier molecular flexibility index (Phi) is 10.1. The van der Waals surface area contributed by atoms with Gasteiger partial charge in [-0.25, -0.2) is 0 Å². The van der Waals surface area contributed by atoms with E-state index in [2.05, 4.69) is 33.9 Å². The predicted octanol–water partition coefficient (Wildman–Crippen LogP) is 5.17. The van der Waals surface area contributed by atoms with Crippen molar-refractivity contribution < 1.29 is 47.1 Å². The molecule has 0 aromatic heterocycles. The second kappa shape index (κ2) is 12.3. The highest BCUT2D eigenvalue weighted by Gasteiger charge is 2.55. The van der Waals surface area contributed by atoms with Gasteiger partial charge in [-0.2, -0.15) is 13.2 Å². The molecule has 224 valence electrons. The fourth-order valence-electron chi connectivity index (χ4n) is 4.18. The zero-order chi connectivity index (χ0) is 30.1. The Hall–Kier alpha value is -1.70. The summed E-state index contributed by atoms with van der Waals surface area (Å²) in [7, 11) is -0.903. The van der Waals surface area contributed by atoms with E-state index in [1.165, 1.54) is 19.2 Å². The van der Waals surface area contributed by atoms with Crippen LogP contribution in [-0.2, 0) is 26.1 Å². The topological polar surface area (TPSA) is 97.6 Å². The molecule has 12 heteroatoms. The van der Waals surface area contributed by atoms with Crippen molar-refractivity contribution >= 4 is 19.9 Å². The Bertz CT molecular complexity index is 1140. The minimum absolute atomic E-state index is 0.0181. The Labute approximate surface area is 238 Å². The van der Waals surface area contributed by atoms with Crippen LogP contribution in [0.3, 0.4) is 0 Å². The van der Waals surface area contributed by atoms with E-state index in [0.717, 1.165) is 5.56 Å². The number of aliphatic hydroxyl groups is 3. The Morgan fingerprint density at radius 2 is 1.62 bits per heavy atom. The third-order valence-corrected chi connectivity index (χ3v) is 12.5. The summed E-state index contributed by atoms with van der Waals surface area (Å²) < 4.78 is 60.2. The molecule has 0 saturated carbocycles. The van der Waals surface area contributed by atoms with Crippen molar-refractivity contribution in [2.45, 2.75) is 81.7 Å². The zero-order valence-corrected chi connectivity index (χ0v) is 25.2. The van der Waals surface area contributed by atoms with E-state index in [0.29, 0.717) is 22.6 Å². The Morgan fingerprint density at radius 1 is 1.00 bits per heavy atom. The van der Waals surface area contributed by atoms with E-state index in [-0.39, 0.29) is 17.4 Å². The van der Waals surface area contributed by atoms with Crippen molar-refractivity contribution in [3.05, 3.63) is 64.2 Å². The highest BCUT2D eigenvalue weighted by Crippen LogP contribution is 2.42. The first-order valence-corrected chi connectivity index (χ1v) is 16.2. The van der Waals surface area contributed by atoms with Crippen LogP contribution in [0.15, 0.2) is 42.5 Å². The average molecular weight is 607 g/mol. The van der Waals surface area contributed by atoms with Crippen molar-refractivity contribution in [3.63, 3.8) is 0 Å². The molecule has 1 fully saturated rings. The number of methoxy groups -OCH3 is 1. The molecule has 2 aromatic carbocycles. The van der Waals surface area contributed by atoms with Gasteiger partial charge in [-0.05, 0) is 59.9 Å². The summed E-state index contributed by atoms with van der Waals surface area (Å²) in [5, 5.41) is 32.9. The van der Waals surface area contributed by atoms with Gasteiger partial charge < -0.3 is 34.0 Å².